The normalized spacial score (nSPS) is 12.6. The SMILES string of the molecule is CNc1cncc(OC(C)CC(C)C)n1. The molecule has 0 spiro atoms. The summed E-state index contributed by atoms with van der Waals surface area (Å²) in [5, 5.41) is 2.93. The molecule has 0 bridgehead atoms. The highest BCUT2D eigenvalue weighted by atomic mass is 16.5. The van der Waals surface area contributed by atoms with Gasteiger partial charge in [0.1, 0.15) is 5.82 Å². The third-order valence-electron chi connectivity index (χ3n) is 1.99. The number of hydrogen-bond acceptors (Lipinski definition) is 4. The van der Waals surface area contributed by atoms with Gasteiger partial charge in [-0.25, -0.2) is 0 Å². The van der Waals surface area contributed by atoms with Crippen molar-refractivity contribution in [2.24, 2.45) is 5.92 Å². The van der Waals surface area contributed by atoms with Crippen LogP contribution in [0.5, 0.6) is 5.88 Å². The first-order valence-corrected chi connectivity index (χ1v) is 5.28. The molecule has 0 saturated carbocycles. The van der Waals surface area contributed by atoms with Gasteiger partial charge in [-0.05, 0) is 19.3 Å². The molecular weight excluding hydrogens is 190 g/mol. The highest BCUT2D eigenvalue weighted by Gasteiger charge is 2.07. The van der Waals surface area contributed by atoms with E-state index in [0.29, 0.717) is 11.8 Å². The van der Waals surface area contributed by atoms with E-state index in [2.05, 4.69) is 29.1 Å². The van der Waals surface area contributed by atoms with Crippen molar-refractivity contribution in [3.63, 3.8) is 0 Å². The Balaban J connectivity index is 2.55. The Kier molecular flexibility index (Phi) is 4.34. The van der Waals surface area contributed by atoms with E-state index >= 15 is 0 Å². The molecule has 1 rings (SSSR count). The largest absolute Gasteiger partial charge is 0.473 e. The molecule has 1 N–H and O–H groups in total. The van der Waals surface area contributed by atoms with Gasteiger partial charge in [0.05, 0.1) is 18.5 Å². The van der Waals surface area contributed by atoms with Crippen LogP contribution in [-0.4, -0.2) is 23.1 Å². The summed E-state index contributed by atoms with van der Waals surface area (Å²) in [4.78, 5) is 8.28. The van der Waals surface area contributed by atoms with E-state index in [9.17, 15) is 0 Å². The first kappa shape index (κ1) is 11.8. The number of ether oxygens (including phenoxy) is 1. The Morgan fingerprint density at radius 1 is 1.33 bits per heavy atom. The lowest BCUT2D eigenvalue weighted by Gasteiger charge is -2.15. The fourth-order valence-electron chi connectivity index (χ4n) is 1.44. The molecule has 84 valence electrons. The Labute approximate surface area is 91.1 Å². The van der Waals surface area contributed by atoms with Crippen LogP contribution in [0.4, 0.5) is 5.82 Å². The van der Waals surface area contributed by atoms with Crippen molar-refractivity contribution in [2.45, 2.75) is 33.3 Å². The van der Waals surface area contributed by atoms with Gasteiger partial charge in [0, 0.05) is 7.05 Å². The van der Waals surface area contributed by atoms with Crippen LogP contribution in [0.15, 0.2) is 12.4 Å². The zero-order valence-corrected chi connectivity index (χ0v) is 9.82. The van der Waals surface area contributed by atoms with Crippen LogP contribution in [0, 0.1) is 5.92 Å². The minimum atomic E-state index is 0.173. The van der Waals surface area contributed by atoms with E-state index in [0.717, 1.165) is 12.2 Å². The lowest BCUT2D eigenvalue weighted by Crippen LogP contribution is -2.15. The third kappa shape index (κ3) is 4.14. The summed E-state index contributed by atoms with van der Waals surface area (Å²) in [5.74, 6) is 1.93. The van der Waals surface area contributed by atoms with Crippen molar-refractivity contribution in [3.8, 4) is 5.88 Å². The van der Waals surface area contributed by atoms with Crippen LogP contribution in [-0.2, 0) is 0 Å². The predicted octanol–water partition coefficient (Wildman–Crippen LogP) is 2.33. The first-order valence-electron chi connectivity index (χ1n) is 5.28. The highest BCUT2D eigenvalue weighted by Crippen LogP contribution is 2.14. The summed E-state index contributed by atoms with van der Waals surface area (Å²) in [7, 11) is 1.81. The second kappa shape index (κ2) is 5.53. The molecule has 1 atom stereocenters. The molecule has 0 aliphatic rings. The molecule has 0 saturated heterocycles. The molecule has 0 aliphatic carbocycles. The number of aromatic nitrogens is 2. The van der Waals surface area contributed by atoms with Gasteiger partial charge in [-0.15, -0.1) is 0 Å². The minimum Gasteiger partial charge on any atom is -0.473 e. The Bertz CT molecular complexity index is 302. The van der Waals surface area contributed by atoms with Crippen LogP contribution in [0.3, 0.4) is 0 Å². The summed E-state index contributed by atoms with van der Waals surface area (Å²) in [6, 6.07) is 0. The highest BCUT2D eigenvalue weighted by molar-refractivity contribution is 5.31. The second-order valence-corrected chi connectivity index (χ2v) is 4.05. The van der Waals surface area contributed by atoms with Gasteiger partial charge in [0.25, 0.3) is 0 Å². The molecule has 0 radical (unpaired) electrons. The second-order valence-electron chi connectivity index (χ2n) is 4.05. The average molecular weight is 209 g/mol. The van der Waals surface area contributed by atoms with Crippen LogP contribution in [0.1, 0.15) is 27.2 Å². The standard InChI is InChI=1S/C11H19N3O/c1-8(2)5-9(3)15-11-7-13-6-10(12-4)14-11/h6-9H,5H2,1-4H3,(H,12,14). The molecule has 0 fully saturated rings. The number of anilines is 1. The summed E-state index contributed by atoms with van der Waals surface area (Å²) >= 11 is 0. The van der Waals surface area contributed by atoms with Gasteiger partial charge in [0.15, 0.2) is 0 Å². The molecule has 4 heteroatoms. The predicted molar refractivity (Wildman–Crippen MR) is 61.1 cm³/mol. The fraction of sp³-hybridized carbons (Fsp3) is 0.636. The zero-order valence-electron chi connectivity index (χ0n) is 9.82. The smallest absolute Gasteiger partial charge is 0.234 e. The van der Waals surface area contributed by atoms with E-state index < -0.39 is 0 Å². The van der Waals surface area contributed by atoms with Crippen molar-refractivity contribution in [2.75, 3.05) is 12.4 Å². The molecule has 15 heavy (non-hydrogen) atoms. The van der Waals surface area contributed by atoms with E-state index in [1.165, 1.54) is 0 Å². The fourth-order valence-corrected chi connectivity index (χ4v) is 1.44. The average Bonchev–Trinajstić information content (AvgIpc) is 2.16. The molecule has 1 unspecified atom stereocenters. The van der Waals surface area contributed by atoms with Crippen molar-refractivity contribution < 1.29 is 4.74 Å². The Morgan fingerprint density at radius 3 is 2.67 bits per heavy atom. The van der Waals surface area contributed by atoms with Crippen LogP contribution >= 0.6 is 0 Å². The van der Waals surface area contributed by atoms with Crippen LogP contribution in [0.2, 0.25) is 0 Å². The number of rotatable bonds is 5. The molecule has 0 aliphatic heterocycles. The molecular formula is C11H19N3O. The van der Waals surface area contributed by atoms with Crippen molar-refractivity contribution in [1.82, 2.24) is 9.97 Å². The first-order chi connectivity index (χ1) is 7.11. The van der Waals surface area contributed by atoms with E-state index in [1.54, 1.807) is 12.4 Å². The maximum absolute atomic E-state index is 5.65. The van der Waals surface area contributed by atoms with Gasteiger partial charge >= 0.3 is 0 Å². The summed E-state index contributed by atoms with van der Waals surface area (Å²) < 4.78 is 5.65. The van der Waals surface area contributed by atoms with Crippen LogP contribution in [0.25, 0.3) is 0 Å². The topological polar surface area (TPSA) is 47.0 Å². The molecule has 0 amide bonds. The Morgan fingerprint density at radius 2 is 2.07 bits per heavy atom. The Hall–Kier alpha value is -1.32. The number of hydrogen-bond donors (Lipinski definition) is 1. The monoisotopic (exact) mass is 209 g/mol. The molecule has 4 nitrogen and oxygen atoms in total. The molecule has 1 heterocycles. The van der Waals surface area contributed by atoms with E-state index in [-0.39, 0.29) is 6.10 Å². The van der Waals surface area contributed by atoms with E-state index in [1.807, 2.05) is 14.0 Å². The van der Waals surface area contributed by atoms with Crippen LogP contribution < -0.4 is 10.1 Å². The molecule has 1 aromatic heterocycles. The zero-order chi connectivity index (χ0) is 11.3. The summed E-state index contributed by atoms with van der Waals surface area (Å²) in [6.07, 6.45) is 4.50. The van der Waals surface area contributed by atoms with Gasteiger partial charge < -0.3 is 10.1 Å². The lowest BCUT2D eigenvalue weighted by molar-refractivity contribution is 0.185. The molecule has 0 aromatic carbocycles. The van der Waals surface area contributed by atoms with Crippen molar-refractivity contribution >= 4 is 5.82 Å². The number of nitrogens with one attached hydrogen (secondary N) is 1. The number of nitrogens with zero attached hydrogens (tertiary/aromatic N) is 2. The van der Waals surface area contributed by atoms with Gasteiger partial charge in [0.2, 0.25) is 5.88 Å². The summed E-state index contributed by atoms with van der Waals surface area (Å²) in [6.45, 7) is 6.40. The van der Waals surface area contributed by atoms with Crippen molar-refractivity contribution in [3.05, 3.63) is 12.4 Å². The molecule has 1 aromatic rings. The lowest BCUT2D eigenvalue weighted by atomic mass is 10.1. The van der Waals surface area contributed by atoms with Crippen molar-refractivity contribution in [1.29, 1.82) is 0 Å². The third-order valence-corrected chi connectivity index (χ3v) is 1.99. The van der Waals surface area contributed by atoms with Gasteiger partial charge in [-0.2, -0.15) is 4.98 Å². The maximum Gasteiger partial charge on any atom is 0.234 e. The summed E-state index contributed by atoms with van der Waals surface area (Å²) in [5.41, 5.74) is 0. The minimum absolute atomic E-state index is 0.173. The van der Waals surface area contributed by atoms with E-state index in [4.69, 9.17) is 4.74 Å². The quantitative estimate of drug-likeness (QED) is 0.808. The maximum atomic E-state index is 5.65. The van der Waals surface area contributed by atoms with Gasteiger partial charge in [-0.1, -0.05) is 13.8 Å². The van der Waals surface area contributed by atoms with Gasteiger partial charge in [-0.3, -0.25) is 4.98 Å².